The van der Waals surface area contributed by atoms with Gasteiger partial charge in [-0.2, -0.15) is 0 Å². The number of amides is 1. The quantitative estimate of drug-likeness (QED) is 0.855. The minimum Gasteiger partial charge on any atom is -0.370 e. The summed E-state index contributed by atoms with van der Waals surface area (Å²) in [6, 6.07) is 7.82. The molecule has 1 amide bonds. The molecule has 0 saturated carbocycles. The summed E-state index contributed by atoms with van der Waals surface area (Å²) in [6.45, 7) is 1.78. The maximum atomic E-state index is 11.7. The van der Waals surface area contributed by atoms with Gasteiger partial charge in [0.25, 0.3) is 5.91 Å². The third kappa shape index (κ3) is 2.09. The molecule has 0 spiro atoms. The summed E-state index contributed by atoms with van der Waals surface area (Å²) in [5.74, 6) is 0.0533. The Morgan fingerprint density at radius 1 is 1.44 bits per heavy atom. The molecule has 0 fully saturated rings. The maximum absolute atomic E-state index is 11.7. The van der Waals surface area contributed by atoms with Crippen LogP contribution in [0.5, 0.6) is 0 Å². The van der Waals surface area contributed by atoms with Crippen LogP contribution >= 0.6 is 15.9 Å². The number of aliphatic imine (C=N–C) groups is 1. The van der Waals surface area contributed by atoms with Gasteiger partial charge in [0.15, 0.2) is 5.96 Å². The summed E-state index contributed by atoms with van der Waals surface area (Å²) in [5, 5.41) is 2.52. The SMILES string of the molecule is CC1(Cc2ccc(Br)cc2)N=C(N)NC1=O. The normalized spacial score (nSPS) is 24.1. The predicted molar refractivity (Wildman–Crippen MR) is 66.0 cm³/mol. The van der Waals surface area contributed by atoms with E-state index in [4.69, 9.17) is 5.73 Å². The van der Waals surface area contributed by atoms with Crippen LogP contribution in [0.4, 0.5) is 0 Å². The fraction of sp³-hybridized carbons (Fsp3) is 0.273. The topological polar surface area (TPSA) is 67.5 Å². The smallest absolute Gasteiger partial charge is 0.254 e. The lowest BCUT2D eigenvalue weighted by atomic mass is 9.93. The van der Waals surface area contributed by atoms with Crippen LogP contribution in [0.3, 0.4) is 0 Å². The van der Waals surface area contributed by atoms with E-state index in [0.717, 1.165) is 10.0 Å². The maximum Gasteiger partial charge on any atom is 0.254 e. The van der Waals surface area contributed by atoms with Crippen LogP contribution in [0.15, 0.2) is 33.7 Å². The number of carbonyl (C=O) groups excluding carboxylic acids is 1. The molecule has 1 atom stereocenters. The van der Waals surface area contributed by atoms with E-state index < -0.39 is 5.54 Å². The number of rotatable bonds is 2. The fourth-order valence-electron chi connectivity index (χ4n) is 1.72. The molecule has 0 aliphatic carbocycles. The Balaban J connectivity index is 2.21. The average Bonchev–Trinajstić information content (AvgIpc) is 2.44. The zero-order chi connectivity index (χ0) is 11.8. The second-order valence-electron chi connectivity index (χ2n) is 4.03. The molecule has 0 bridgehead atoms. The molecule has 5 heteroatoms. The third-order valence-corrected chi connectivity index (χ3v) is 3.09. The Bertz CT molecular complexity index is 455. The van der Waals surface area contributed by atoms with Gasteiger partial charge in [0.05, 0.1) is 0 Å². The first-order valence-corrected chi connectivity index (χ1v) is 5.70. The van der Waals surface area contributed by atoms with Crippen LogP contribution in [-0.2, 0) is 11.2 Å². The number of carbonyl (C=O) groups is 1. The van der Waals surface area contributed by atoms with E-state index in [1.165, 1.54) is 0 Å². The number of nitrogens with one attached hydrogen (secondary N) is 1. The second-order valence-corrected chi connectivity index (χ2v) is 4.94. The van der Waals surface area contributed by atoms with E-state index in [1.807, 2.05) is 24.3 Å². The number of nitrogens with two attached hydrogens (primary N) is 1. The highest BCUT2D eigenvalue weighted by atomic mass is 79.9. The van der Waals surface area contributed by atoms with E-state index >= 15 is 0 Å². The molecule has 16 heavy (non-hydrogen) atoms. The minimum atomic E-state index is -0.780. The van der Waals surface area contributed by atoms with E-state index in [0.29, 0.717) is 6.42 Å². The van der Waals surface area contributed by atoms with Gasteiger partial charge in [-0.15, -0.1) is 0 Å². The fourth-order valence-corrected chi connectivity index (χ4v) is 1.98. The van der Waals surface area contributed by atoms with Gasteiger partial charge in [0.2, 0.25) is 0 Å². The molecule has 84 valence electrons. The first-order chi connectivity index (χ1) is 7.49. The van der Waals surface area contributed by atoms with Crippen LogP contribution in [0.25, 0.3) is 0 Å². The van der Waals surface area contributed by atoms with Gasteiger partial charge in [-0.05, 0) is 24.6 Å². The highest BCUT2D eigenvalue weighted by molar-refractivity contribution is 9.10. The van der Waals surface area contributed by atoms with Gasteiger partial charge in [-0.3, -0.25) is 10.1 Å². The number of hydrogen-bond donors (Lipinski definition) is 2. The third-order valence-electron chi connectivity index (χ3n) is 2.56. The van der Waals surface area contributed by atoms with Gasteiger partial charge < -0.3 is 5.73 Å². The van der Waals surface area contributed by atoms with Crippen molar-refractivity contribution in [2.45, 2.75) is 18.9 Å². The van der Waals surface area contributed by atoms with Crippen molar-refractivity contribution in [2.24, 2.45) is 10.7 Å². The molecular weight excluding hydrogens is 270 g/mol. The number of nitrogens with zero attached hydrogens (tertiary/aromatic N) is 1. The van der Waals surface area contributed by atoms with Gasteiger partial charge in [0.1, 0.15) is 5.54 Å². The lowest BCUT2D eigenvalue weighted by Gasteiger charge is -2.17. The largest absolute Gasteiger partial charge is 0.370 e. The molecule has 1 heterocycles. The molecule has 0 aromatic heterocycles. The first kappa shape index (κ1) is 11.1. The lowest BCUT2D eigenvalue weighted by molar-refractivity contribution is -0.123. The Labute approximate surface area is 102 Å². The molecule has 0 saturated heterocycles. The second kappa shape index (κ2) is 3.90. The minimum absolute atomic E-state index is 0.145. The summed E-state index contributed by atoms with van der Waals surface area (Å²) in [4.78, 5) is 15.8. The molecule has 1 aliphatic rings. The van der Waals surface area contributed by atoms with Crippen molar-refractivity contribution in [1.82, 2.24) is 5.32 Å². The van der Waals surface area contributed by atoms with Crippen molar-refractivity contribution in [3.63, 3.8) is 0 Å². The van der Waals surface area contributed by atoms with E-state index in [1.54, 1.807) is 6.92 Å². The number of guanidine groups is 1. The highest BCUT2D eigenvalue weighted by Gasteiger charge is 2.38. The van der Waals surface area contributed by atoms with Crippen molar-refractivity contribution in [1.29, 1.82) is 0 Å². The molecule has 1 aromatic carbocycles. The van der Waals surface area contributed by atoms with Crippen molar-refractivity contribution in [3.8, 4) is 0 Å². The van der Waals surface area contributed by atoms with Crippen LogP contribution in [0.1, 0.15) is 12.5 Å². The Hall–Kier alpha value is -1.36. The van der Waals surface area contributed by atoms with E-state index in [-0.39, 0.29) is 11.9 Å². The summed E-state index contributed by atoms with van der Waals surface area (Å²) >= 11 is 3.37. The summed E-state index contributed by atoms with van der Waals surface area (Å²) in [5.41, 5.74) is 5.76. The Morgan fingerprint density at radius 3 is 2.56 bits per heavy atom. The van der Waals surface area contributed by atoms with Crippen LogP contribution in [-0.4, -0.2) is 17.4 Å². The molecule has 2 rings (SSSR count). The van der Waals surface area contributed by atoms with Crippen LogP contribution < -0.4 is 11.1 Å². The van der Waals surface area contributed by atoms with Crippen molar-refractivity contribution in [2.75, 3.05) is 0 Å². The van der Waals surface area contributed by atoms with Crippen molar-refractivity contribution in [3.05, 3.63) is 34.3 Å². The zero-order valence-electron chi connectivity index (χ0n) is 8.83. The summed E-state index contributed by atoms with van der Waals surface area (Å²) in [6.07, 6.45) is 0.548. The molecule has 4 nitrogen and oxygen atoms in total. The molecule has 3 N–H and O–H groups in total. The molecular formula is C11H12BrN3O. The average molecular weight is 282 g/mol. The molecule has 1 aromatic rings. The highest BCUT2D eigenvalue weighted by Crippen LogP contribution is 2.22. The summed E-state index contributed by atoms with van der Waals surface area (Å²) in [7, 11) is 0. The van der Waals surface area contributed by atoms with Crippen molar-refractivity contribution < 1.29 is 4.79 Å². The molecule has 1 unspecified atom stereocenters. The molecule has 0 radical (unpaired) electrons. The summed E-state index contributed by atoms with van der Waals surface area (Å²) < 4.78 is 1.01. The van der Waals surface area contributed by atoms with Gasteiger partial charge in [-0.25, -0.2) is 4.99 Å². The van der Waals surface area contributed by atoms with Crippen LogP contribution in [0, 0.1) is 0 Å². The monoisotopic (exact) mass is 281 g/mol. The first-order valence-electron chi connectivity index (χ1n) is 4.91. The van der Waals surface area contributed by atoms with Gasteiger partial charge >= 0.3 is 0 Å². The molecule has 1 aliphatic heterocycles. The Kier molecular flexibility index (Phi) is 2.71. The number of hydrogen-bond acceptors (Lipinski definition) is 3. The van der Waals surface area contributed by atoms with Gasteiger partial charge in [0, 0.05) is 10.9 Å². The van der Waals surface area contributed by atoms with E-state index in [9.17, 15) is 4.79 Å². The number of benzene rings is 1. The van der Waals surface area contributed by atoms with Crippen LogP contribution in [0.2, 0.25) is 0 Å². The number of halogens is 1. The Morgan fingerprint density at radius 2 is 2.06 bits per heavy atom. The standard InChI is InChI=1S/C11H12BrN3O/c1-11(9(16)14-10(13)15-11)6-7-2-4-8(12)5-3-7/h2-5H,6H2,1H3,(H3,13,14,15,16). The van der Waals surface area contributed by atoms with Crippen molar-refractivity contribution >= 4 is 27.8 Å². The zero-order valence-corrected chi connectivity index (χ0v) is 10.4. The van der Waals surface area contributed by atoms with Gasteiger partial charge in [-0.1, -0.05) is 28.1 Å². The predicted octanol–water partition coefficient (Wildman–Crippen LogP) is 1.19. The lowest BCUT2D eigenvalue weighted by Crippen LogP contribution is -2.40. The van der Waals surface area contributed by atoms with E-state index in [2.05, 4.69) is 26.2 Å².